The van der Waals surface area contributed by atoms with E-state index in [0.717, 1.165) is 17.7 Å². The molecule has 4 heteroatoms. The van der Waals surface area contributed by atoms with E-state index in [1.165, 1.54) is 22.3 Å². The number of carbonyl (C=O) groups is 1. The van der Waals surface area contributed by atoms with Crippen molar-refractivity contribution in [2.24, 2.45) is 11.1 Å². The molecular weight excluding hydrogens is 416 g/mol. The Kier molecular flexibility index (Phi) is 5.58. The van der Waals surface area contributed by atoms with Crippen LogP contribution in [0.2, 0.25) is 5.02 Å². The topological polar surface area (TPSA) is 55.1 Å². The summed E-state index contributed by atoms with van der Waals surface area (Å²) in [7, 11) is 0. The van der Waals surface area contributed by atoms with Gasteiger partial charge in [0.25, 0.3) is 5.91 Å². The smallest absolute Gasteiger partial charge is 0.250 e. The van der Waals surface area contributed by atoms with E-state index in [2.05, 4.69) is 88.5 Å². The van der Waals surface area contributed by atoms with E-state index in [-0.39, 0.29) is 16.9 Å². The van der Waals surface area contributed by atoms with Crippen LogP contribution in [0, 0.1) is 5.41 Å². The number of anilines is 1. The number of carbonyl (C=O) groups excluding carboxylic acids is 1. The third kappa shape index (κ3) is 4.27. The SMILES string of the molecule is CC(C)(C)c1ccc(-c2cccc(C3Nc4c(cc(Cl)cc4C(N)=O)CC3(C)C)c2)cc1. The molecule has 1 aliphatic rings. The molecule has 4 rings (SSSR count). The lowest BCUT2D eigenvalue weighted by atomic mass is 9.72. The van der Waals surface area contributed by atoms with E-state index in [1.807, 2.05) is 6.07 Å². The fourth-order valence-corrected chi connectivity index (χ4v) is 4.94. The molecule has 0 saturated heterocycles. The summed E-state index contributed by atoms with van der Waals surface area (Å²) in [5, 5.41) is 4.17. The minimum Gasteiger partial charge on any atom is -0.377 e. The number of hydrogen-bond donors (Lipinski definition) is 2. The molecule has 1 heterocycles. The molecule has 1 aliphatic heterocycles. The summed E-state index contributed by atoms with van der Waals surface area (Å²) in [6.07, 6.45) is 0.797. The van der Waals surface area contributed by atoms with Gasteiger partial charge in [0.1, 0.15) is 0 Å². The molecule has 166 valence electrons. The molecule has 1 amide bonds. The molecule has 0 radical (unpaired) electrons. The van der Waals surface area contributed by atoms with Crippen LogP contribution in [-0.2, 0) is 11.8 Å². The second-order valence-corrected chi connectivity index (χ2v) is 11.0. The Labute approximate surface area is 196 Å². The molecule has 3 nitrogen and oxygen atoms in total. The van der Waals surface area contributed by atoms with Crippen molar-refractivity contribution >= 4 is 23.2 Å². The van der Waals surface area contributed by atoms with E-state index in [9.17, 15) is 4.79 Å². The van der Waals surface area contributed by atoms with Gasteiger partial charge >= 0.3 is 0 Å². The van der Waals surface area contributed by atoms with E-state index in [1.54, 1.807) is 6.07 Å². The number of halogens is 1. The van der Waals surface area contributed by atoms with Gasteiger partial charge in [-0.25, -0.2) is 0 Å². The van der Waals surface area contributed by atoms with Crippen LogP contribution in [0.4, 0.5) is 5.69 Å². The van der Waals surface area contributed by atoms with Gasteiger partial charge in [-0.2, -0.15) is 0 Å². The fraction of sp³-hybridized carbons (Fsp3) is 0.321. The van der Waals surface area contributed by atoms with Gasteiger partial charge in [0.05, 0.1) is 17.3 Å². The van der Waals surface area contributed by atoms with Crippen LogP contribution in [0.1, 0.15) is 67.7 Å². The highest BCUT2D eigenvalue weighted by molar-refractivity contribution is 6.31. The van der Waals surface area contributed by atoms with Crippen LogP contribution in [-0.4, -0.2) is 5.91 Å². The van der Waals surface area contributed by atoms with Gasteiger partial charge in [0, 0.05) is 5.02 Å². The van der Waals surface area contributed by atoms with Gasteiger partial charge in [-0.1, -0.05) is 88.7 Å². The van der Waals surface area contributed by atoms with Crippen molar-refractivity contribution in [2.45, 2.75) is 52.5 Å². The third-order valence-electron chi connectivity index (χ3n) is 6.47. The molecule has 3 aromatic rings. The fourth-order valence-electron chi connectivity index (χ4n) is 4.70. The zero-order chi connectivity index (χ0) is 23.3. The predicted octanol–water partition coefficient (Wildman–Crippen LogP) is 7.14. The summed E-state index contributed by atoms with van der Waals surface area (Å²) < 4.78 is 0. The summed E-state index contributed by atoms with van der Waals surface area (Å²) in [6, 6.07) is 21.1. The van der Waals surface area contributed by atoms with Gasteiger partial charge < -0.3 is 11.1 Å². The Balaban J connectivity index is 1.72. The van der Waals surface area contributed by atoms with Gasteiger partial charge in [-0.3, -0.25) is 4.79 Å². The second kappa shape index (κ2) is 7.97. The lowest BCUT2D eigenvalue weighted by molar-refractivity contribution is 0.100. The number of nitrogens with two attached hydrogens (primary N) is 1. The number of amides is 1. The lowest BCUT2D eigenvalue weighted by Gasteiger charge is -2.42. The third-order valence-corrected chi connectivity index (χ3v) is 6.69. The number of hydrogen-bond acceptors (Lipinski definition) is 2. The molecule has 0 fully saturated rings. The first kappa shape index (κ1) is 22.4. The molecule has 32 heavy (non-hydrogen) atoms. The molecule has 0 spiro atoms. The minimum absolute atomic E-state index is 0.0306. The van der Waals surface area contributed by atoms with E-state index >= 15 is 0 Å². The zero-order valence-electron chi connectivity index (χ0n) is 19.4. The molecular formula is C28H31ClN2O. The lowest BCUT2D eigenvalue weighted by Crippen LogP contribution is -2.36. The molecule has 3 N–H and O–H groups in total. The monoisotopic (exact) mass is 446 g/mol. The molecule has 3 aromatic carbocycles. The number of primary amides is 1. The quantitative estimate of drug-likeness (QED) is 0.449. The molecule has 0 saturated carbocycles. The first-order chi connectivity index (χ1) is 15.0. The van der Waals surface area contributed by atoms with Crippen molar-refractivity contribution in [1.29, 1.82) is 0 Å². The van der Waals surface area contributed by atoms with Crippen molar-refractivity contribution in [3.05, 3.63) is 87.9 Å². The number of nitrogens with one attached hydrogen (secondary N) is 1. The first-order valence-corrected chi connectivity index (χ1v) is 11.4. The van der Waals surface area contributed by atoms with Crippen molar-refractivity contribution in [3.63, 3.8) is 0 Å². The Morgan fingerprint density at radius 1 is 1.03 bits per heavy atom. The summed E-state index contributed by atoms with van der Waals surface area (Å²) >= 11 is 6.26. The number of rotatable bonds is 3. The van der Waals surface area contributed by atoms with Crippen LogP contribution < -0.4 is 11.1 Å². The van der Waals surface area contributed by atoms with Crippen molar-refractivity contribution in [1.82, 2.24) is 0 Å². The maximum absolute atomic E-state index is 12.1. The van der Waals surface area contributed by atoms with E-state index in [0.29, 0.717) is 10.6 Å². The number of fused-ring (bicyclic) bond motifs is 1. The highest BCUT2D eigenvalue weighted by Gasteiger charge is 2.37. The van der Waals surface area contributed by atoms with Crippen LogP contribution in [0.5, 0.6) is 0 Å². The summed E-state index contributed by atoms with van der Waals surface area (Å²) in [4.78, 5) is 12.1. The Morgan fingerprint density at radius 3 is 2.34 bits per heavy atom. The van der Waals surface area contributed by atoms with Crippen molar-refractivity contribution in [3.8, 4) is 11.1 Å². The first-order valence-electron chi connectivity index (χ1n) is 11.1. The highest BCUT2D eigenvalue weighted by Crippen LogP contribution is 2.47. The minimum atomic E-state index is -0.470. The normalized spacial score (nSPS) is 17.4. The molecule has 1 atom stereocenters. The largest absolute Gasteiger partial charge is 0.377 e. The Morgan fingerprint density at radius 2 is 1.72 bits per heavy atom. The molecule has 0 aromatic heterocycles. The zero-order valence-corrected chi connectivity index (χ0v) is 20.2. The average molecular weight is 447 g/mol. The number of benzene rings is 3. The highest BCUT2D eigenvalue weighted by atomic mass is 35.5. The predicted molar refractivity (Wildman–Crippen MR) is 134 cm³/mol. The standard InChI is InChI=1S/C28H31ClN2O/c1-27(2,3)21-11-9-17(10-12-21)18-7-6-8-19(13-18)25-28(4,5)16-20-14-22(29)15-23(26(30)32)24(20)31-25/h6-15,25,31H,16H2,1-5H3,(H2,30,32). The maximum atomic E-state index is 12.1. The van der Waals surface area contributed by atoms with Crippen LogP contribution in [0.15, 0.2) is 60.7 Å². The Bertz CT molecular complexity index is 1170. The second-order valence-electron chi connectivity index (χ2n) is 10.5. The van der Waals surface area contributed by atoms with E-state index in [4.69, 9.17) is 17.3 Å². The van der Waals surface area contributed by atoms with Crippen LogP contribution in [0.3, 0.4) is 0 Å². The van der Waals surface area contributed by atoms with Gasteiger partial charge in [-0.15, -0.1) is 0 Å². The van der Waals surface area contributed by atoms with Gasteiger partial charge in [-0.05, 0) is 63.3 Å². The average Bonchev–Trinajstić information content (AvgIpc) is 2.71. The molecule has 0 aliphatic carbocycles. The molecule has 1 unspecified atom stereocenters. The summed E-state index contributed by atoms with van der Waals surface area (Å²) in [6.45, 7) is 11.2. The molecule has 0 bridgehead atoms. The summed E-state index contributed by atoms with van der Waals surface area (Å²) in [5.74, 6) is -0.470. The van der Waals surface area contributed by atoms with E-state index < -0.39 is 5.91 Å². The van der Waals surface area contributed by atoms with Gasteiger partial charge in [0.15, 0.2) is 0 Å². The Hall–Kier alpha value is -2.78. The van der Waals surface area contributed by atoms with Gasteiger partial charge in [0.2, 0.25) is 0 Å². The maximum Gasteiger partial charge on any atom is 0.250 e. The summed E-state index contributed by atoms with van der Waals surface area (Å²) in [5.41, 5.74) is 12.9. The van der Waals surface area contributed by atoms with Crippen molar-refractivity contribution < 1.29 is 4.79 Å². The van der Waals surface area contributed by atoms with Crippen molar-refractivity contribution in [2.75, 3.05) is 5.32 Å². The van der Waals surface area contributed by atoms with Crippen LogP contribution in [0.25, 0.3) is 11.1 Å². The van der Waals surface area contributed by atoms with Crippen LogP contribution >= 0.6 is 11.6 Å².